The van der Waals surface area contributed by atoms with Crippen LogP contribution < -0.4 is 19.6 Å². The Hall–Kier alpha value is -4.17. The van der Waals surface area contributed by atoms with E-state index in [1.165, 1.54) is 37.4 Å². The largest absolute Gasteiger partial charge is 0.508 e. The van der Waals surface area contributed by atoms with E-state index < -0.39 is 12.2 Å². The molecule has 0 unspecified atom stereocenters. The van der Waals surface area contributed by atoms with Gasteiger partial charge in [0.25, 0.3) is 0 Å². The van der Waals surface area contributed by atoms with Gasteiger partial charge in [0.2, 0.25) is 0 Å². The second-order valence-electron chi connectivity index (χ2n) is 7.63. The van der Waals surface area contributed by atoms with Crippen molar-refractivity contribution in [2.24, 2.45) is 0 Å². The highest BCUT2D eigenvalue weighted by Crippen LogP contribution is 2.43. The Labute approximate surface area is 187 Å². The van der Waals surface area contributed by atoms with Crippen LogP contribution in [-0.4, -0.2) is 35.1 Å². The molecule has 0 amide bonds. The molecule has 8 heteroatoms. The lowest BCUT2D eigenvalue weighted by Crippen LogP contribution is -2.36. The van der Waals surface area contributed by atoms with E-state index in [9.17, 15) is 20.1 Å². The number of fused-ring (bicyclic) bond motifs is 2. The Morgan fingerprint density at radius 1 is 0.939 bits per heavy atom. The normalized spacial score (nSPS) is 17.2. The van der Waals surface area contributed by atoms with Gasteiger partial charge in [0.1, 0.15) is 17.1 Å². The molecule has 3 aromatic carbocycles. The molecular formula is C25H20O8. The van der Waals surface area contributed by atoms with Crippen LogP contribution in [0.5, 0.6) is 28.7 Å². The number of methoxy groups -OCH3 is 1. The number of aromatic hydroxyl groups is 2. The first-order chi connectivity index (χ1) is 16.0. The predicted octanol–water partition coefficient (Wildman–Crippen LogP) is 3.75. The van der Waals surface area contributed by atoms with Crippen molar-refractivity contribution in [3.63, 3.8) is 0 Å². The lowest BCUT2D eigenvalue weighted by Gasteiger charge is -2.33. The van der Waals surface area contributed by atoms with Crippen LogP contribution in [0.4, 0.5) is 0 Å². The van der Waals surface area contributed by atoms with E-state index in [2.05, 4.69) is 0 Å². The Morgan fingerprint density at radius 2 is 1.79 bits per heavy atom. The summed E-state index contributed by atoms with van der Waals surface area (Å²) in [5.41, 5.74) is 1.24. The minimum absolute atomic E-state index is 0.00723. The number of hydrogen-bond donors (Lipinski definition) is 3. The van der Waals surface area contributed by atoms with Crippen molar-refractivity contribution >= 4 is 11.0 Å². The minimum atomic E-state index is -0.681. The fourth-order valence-electron chi connectivity index (χ4n) is 3.86. The molecule has 0 spiro atoms. The molecule has 0 aliphatic carbocycles. The van der Waals surface area contributed by atoms with Crippen LogP contribution in [0.25, 0.3) is 22.3 Å². The number of ether oxygens (including phenoxy) is 3. The van der Waals surface area contributed by atoms with Gasteiger partial charge in [-0.1, -0.05) is 6.07 Å². The first kappa shape index (κ1) is 20.7. The number of phenols is 2. The van der Waals surface area contributed by atoms with E-state index in [1.807, 2.05) is 0 Å². The van der Waals surface area contributed by atoms with Gasteiger partial charge in [-0.15, -0.1) is 0 Å². The Morgan fingerprint density at radius 3 is 2.58 bits per heavy atom. The zero-order chi connectivity index (χ0) is 23.1. The lowest BCUT2D eigenvalue weighted by molar-refractivity contribution is -0.0123. The number of benzene rings is 3. The second kappa shape index (κ2) is 8.07. The van der Waals surface area contributed by atoms with Crippen LogP contribution in [0.2, 0.25) is 0 Å². The molecule has 3 N–H and O–H groups in total. The highest BCUT2D eigenvalue weighted by atomic mass is 16.6. The fourth-order valence-corrected chi connectivity index (χ4v) is 3.86. The number of rotatable bonds is 4. The Kier molecular flexibility index (Phi) is 5.07. The molecule has 2 heterocycles. The molecule has 4 aromatic rings. The maximum absolute atomic E-state index is 12.5. The topological polar surface area (TPSA) is 119 Å². The first-order valence-electron chi connectivity index (χ1n) is 10.2. The molecule has 0 fully saturated rings. The zero-order valence-electron chi connectivity index (χ0n) is 17.5. The van der Waals surface area contributed by atoms with E-state index in [1.54, 1.807) is 30.3 Å². The molecule has 0 saturated heterocycles. The van der Waals surface area contributed by atoms with Crippen molar-refractivity contribution in [2.75, 3.05) is 13.7 Å². The summed E-state index contributed by atoms with van der Waals surface area (Å²) in [6, 6.07) is 15.5. The van der Waals surface area contributed by atoms with Crippen molar-refractivity contribution < 1.29 is 33.9 Å². The van der Waals surface area contributed by atoms with Crippen LogP contribution in [0.1, 0.15) is 11.7 Å². The van der Waals surface area contributed by atoms with Gasteiger partial charge in [-0.2, -0.15) is 0 Å². The van der Waals surface area contributed by atoms with Gasteiger partial charge >= 0.3 is 0 Å². The molecule has 0 bridgehead atoms. The summed E-state index contributed by atoms with van der Waals surface area (Å²) in [6.07, 6.45) is -1.35. The van der Waals surface area contributed by atoms with Crippen molar-refractivity contribution in [1.82, 2.24) is 0 Å². The van der Waals surface area contributed by atoms with Gasteiger partial charge in [-0.05, 0) is 42.5 Å². The van der Waals surface area contributed by atoms with E-state index in [-0.39, 0.29) is 34.9 Å². The Balaban J connectivity index is 1.55. The lowest BCUT2D eigenvalue weighted by atomic mass is 10.0. The molecule has 33 heavy (non-hydrogen) atoms. The number of phenolic OH excluding ortho intramolecular Hbond substituents is 2. The Bertz CT molecular complexity index is 1410. The molecule has 168 valence electrons. The molecule has 1 aromatic heterocycles. The number of aliphatic hydroxyl groups excluding tert-OH is 1. The summed E-state index contributed by atoms with van der Waals surface area (Å²) < 4.78 is 23.2. The van der Waals surface area contributed by atoms with Crippen LogP contribution in [0.15, 0.2) is 69.9 Å². The predicted molar refractivity (Wildman–Crippen MR) is 119 cm³/mol. The van der Waals surface area contributed by atoms with Crippen LogP contribution in [0, 0.1) is 0 Å². The van der Waals surface area contributed by atoms with Gasteiger partial charge < -0.3 is 33.9 Å². The monoisotopic (exact) mass is 448 g/mol. The average molecular weight is 448 g/mol. The summed E-state index contributed by atoms with van der Waals surface area (Å²) in [7, 11) is 1.44. The van der Waals surface area contributed by atoms with E-state index >= 15 is 0 Å². The maximum atomic E-state index is 12.5. The molecule has 1 aliphatic heterocycles. The van der Waals surface area contributed by atoms with Crippen molar-refractivity contribution in [2.45, 2.75) is 12.2 Å². The highest BCUT2D eigenvalue weighted by Gasteiger charge is 2.33. The molecule has 5 rings (SSSR count). The van der Waals surface area contributed by atoms with Gasteiger partial charge in [-0.3, -0.25) is 4.79 Å². The van der Waals surface area contributed by atoms with Crippen molar-refractivity contribution in [3.8, 4) is 40.1 Å². The van der Waals surface area contributed by atoms with Crippen LogP contribution in [-0.2, 0) is 0 Å². The quantitative estimate of drug-likeness (QED) is 0.432. The smallest absolute Gasteiger partial charge is 0.193 e. The third kappa shape index (κ3) is 3.70. The maximum Gasteiger partial charge on any atom is 0.193 e. The SMILES string of the molecule is COc1cc([C@H]2Oc3cc(-c4cc(=O)c5ccc(O)cc5o4)ccc3O[C@@H]2CO)ccc1O. The van der Waals surface area contributed by atoms with Crippen LogP contribution >= 0.6 is 0 Å². The highest BCUT2D eigenvalue weighted by molar-refractivity contribution is 5.80. The van der Waals surface area contributed by atoms with E-state index in [0.29, 0.717) is 33.8 Å². The summed E-state index contributed by atoms with van der Waals surface area (Å²) in [5, 5.41) is 29.9. The van der Waals surface area contributed by atoms with Gasteiger partial charge in [-0.25, -0.2) is 0 Å². The minimum Gasteiger partial charge on any atom is -0.508 e. The van der Waals surface area contributed by atoms with Crippen LogP contribution in [0.3, 0.4) is 0 Å². The van der Waals surface area contributed by atoms with Crippen molar-refractivity contribution in [3.05, 3.63) is 76.5 Å². The summed E-state index contributed by atoms with van der Waals surface area (Å²) in [4.78, 5) is 12.5. The summed E-state index contributed by atoms with van der Waals surface area (Å²) >= 11 is 0. The average Bonchev–Trinajstić information content (AvgIpc) is 2.82. The molecule has 1 aliphatic rings. The van der Waals surface area contributed by atoms with Gasteiger partial charge in [0.15, 0.2) is 40.6 Å². The molecule has 8 nitrogen and oxygen atoms in total. The zero-order valence-corrected chi connectivity index (χ0v) is 17.5. The fraction of sp³-hybridized carbons (Fsp3) is 0.160. The number of hydrogen-bond acceptors (Lipinski definition) is 8. The van der Waals surface area contributed by atoms with E-state index in [4.69, 9.17) is 18.6 Å². The van der Waals surface area contributed by atoms with Gasteiger partial charge in [0.05, 0.1) is 19.1 Å². The van der Waals surface area contributed by atoms with Gasteiger partial charge in [0, 0.05) is 23.3 Å². The number of aliphatic hydroxyl groups is 1. The summed E-state index contributed by atoms with van der Waals surface area (Å²) in [6.45, 7) is -0.294. The third-order valence-corrected chi connectivity index (χ3v) is 5.52. The van der Waals surface area contributed by atoms with Crippen molar-refractivity contribution in [1.29, 1.82) is 0 Å². The molecule has 2 atom stereocenters. The molecule has 0 saturated carbocycles. The molecular weight excluding hydrogens is 428 g/mol. The molecule has 0 radical (unpaired) electrons. The standard InChI is InChI=1S/C25H20O8/c1-30-22-9-14(2-6-17(22)28)25-24(12-26)31-19-7-3-13(8-23(19)33-25)20-11-18(29)16-5-4-15(27)10-21(16)32-20/h2-11,24-28H,12H2,1H3/t24-,25-/m1/s1. The van der Waals surface area contributed by atoms with E-state index in [0.717, 1.165) is 0 Å². The third-order valence-electron chi connectivity index (χ3n) is 5.52. The first-order valence-corrected chi connectivity index (χ1v) is 10.2. The second-order valence-corrected chi connectivity index (χ2v) is 7.63. The summed E-state index contributed by atoms with van der Waals surface area (Å²) in [5.74, 6) is 1.38.